The molecule has 0 spiro atoms. The van der Waals surface area contributed by atoms with Gasteiger partial charge in [-0.3, -0.25) is 4.79 Å². The molecule has 1 saturated heterocycles. The van der Waals surface area contributed by atoms with Crippen molar-refractivity contribution in [2.75, 3.05) is 7.11 Å². The van der Waals surface area contributed by atoms with Gasteiger partial charge in [-0.2, -0.15) is 0 Å². The molecule has 0 aromatic heterocycles. The van der Waals surface area contributed by atoms with Gasteiger partial charge in [0.2, 0.25) is 0 Å². The Morgan fingerprint density at radius 1 is 1.32 bits per heavy atom. The molecule has 4 atom stereocenters. The summed E-state index contributed by atoms with van der Waals surface area (Å²) in [6, 6.07) is -0.563. The first kappa shape index (κ1) is 18.7. The molecule has 0 radical (unpaired) electrons. The predicted molar refractivity (Wildman–Crippen MR) is 82.4 cm³/mol. The van der Waals surface area contributed by atoms with E-state index in [0.717, 1.165) is 0 Å². The van der Waals surface area contributed by atoms with E-state index in [1.807, 2.05) is 34.6 Å². The smallest absolute Gasteiger partial charge is 0.410 e. The monoisotopic (exact) mass is 315 g/mol. The summed E-state index contributed by atoms with van der Waals surface area (Å²) in [5, 5.41) is 10.2. The van der Waals surface area contributed by atoms with E-state index in [0.29, 0.717) is 12.8 Å². The predicted octanol–water partition coefficient (Wildman–Crippen LogP) is 2.33. The van der Waals surface area contributed by atoms with E-state index in [1.54, 1.807) is 4.90 Å². The molecule has 1 aliphatic rings. The quantitative estimate of drug-likeness (QED) is 0.809. The number of hydrogen-bond donors (Lipinski definition) is 1. The molecule has 0 bridgehead atoms. The number of piperidine rings is 1. The van der Waals surface area contributed by atoms with Crippen LogP contribution in [0.25, 0.3) is 0 Å². The molecular weight excluding hydrogens is 286 g/mol. The molecule has 6 nitrogen and oxygen atoms in total. The van der Waals surface area contributed by atoms with Crippen molar-refractivity contribution in [2.45, 2.75) is 77.7 Å². The maximum atomic E-state index is 12.6. The number of nitrogens with zero attached hydrogens (tertiary/aromatic N) is 1. The lowest BCUT2D eigenvalue weighted by Gasteiger charge is -2.47. The summed E-state index contributed by atoms with van der Waals surface area (Å²) in [6.07, 6.45) is 0.269. The van der Waals surface area contributed by atoms with E-state index in [2.05, 4.69) is 0 Å². The van der Waals surface area contributed by atoms with Crippen LogP contribution < -0.4 is 0 Å². The zero-order valence-corrected chi connectivity index (χ0v) is 14.5. The van der Waals surface area contributed by atoms with Crippen LogP contribution in [-0.2, 0) is 14.3 Å². The number of rotatable bonds is 3. The molecule has 0 saturated carbocycles. The molecule has 1 rings (SSSR count). The van der Waals surface area contributed by atoms with Crippen molar-refractivity contribution in [3.8, 4) is 0 Å². The molecule has 3 unspecified atom stereocenters. The number of methoxy groups -OCH3 is 1. The Morgan fingerprint density at radius 3 is 2.36 bits per heavy atom. The summed E-state index contributed by atoms with van der Waals surface area (Å²) >= 11 is 0. The Labute approximate surface area is 132 Å². The highest BCUT2D eigenvalue weighted by Gasteiger charge is 2.44. The van der Waals surface area contributed by atoms with E-state index in [1.165, 1.54) is 7.11 Å². The highest BCUT2D eigenvalue weighted by atomic mass is 16.6. The van der Waals surface area contributed by atoms with Crippen LogP contribution in [0.4, 0.5) is 4.79 Å². The average molecular weight is 315 g/mol. The SMILES string of the molecule is CCC1CC(O)C(C)[C@H](CC(=O)OC)N1C(=O)OC(C)(C)C. The van der Waals surface area contributed by atoms with Gasteiger partial charge in [0.25, 0.3) is 0 Å². The van der Waals surface area contributed by atoms with Crippen molar-refractivity contribution in [2.24, 2.45) is 5.92 Å². The Morgan fingerprint density at radius 2 is 1.91 bits per heavy atom. The first-order chi connectivity index (χ1) is 10.1. The molecule has 1 N–H and O–H groups in total. The molecule has 6 heteroatoms. The van der Waals surface area contributed by atoms with E-state index in [4.69, 9.17) is 9.47 Å². The maximum absolute atomic E-state index is 12.6. The van der Waals surface area contributed by atoms with Crippen molar-refractivity contribution in [1.82, 2.24) is 4.90 Å². The lowest BCUT2D eigenvalue weighted by molar-refractivity contribution is -0.144. The minimum absolute atomic E-state index is 0.0600. The fourth-order valence-corrected chi connectivity index (χ4v) is 2.89. The van der Waals surface area contributed by atoms with Gasteiger partial charge in [0.1, 0.15) is 5.60 Å². The van der Waals surface area contributed by atoms with Crippen LogP contribution in [-0.4, -0.2) is 53.0 Å². The largest absolute Gasteiger partial charge is 0.469 e. The third kappa shape index (κ3) is 4.60. The zero-order valence-electron chi connectivity index (χ0n) is 14.5. The summed E-state index contributed by atoms with van der Waals surface area (Å²) in [5.41, 5.74) is -0.607. The second-order valence-electron chi connectivity index (χ2n) is 6.96. The Hall–Kier alpha value is -1.30. The summed E-state index contributed by atoms with van der Waals surface area (Å²) < 4.78 is 10.2. The first-order valence-electron chi connectivity index (χ1n) is 7.86. The minimum atomic E-state index is -0.607. The fourth-order valence-electron chi connectivity index (χ4n) is 2.89. The number of likely N-dealkylation sites (tertiary alicyclic amines) is 1. The van der Waals surface area contributed by atoms with E-state index in [9.17, 15) is 14.7 Å². The first-order valence-corrected chi connectivity index (χ1v) is 7.86. The molecule has 0 aromatic rings. The lowest BCUT2D eigenvalue weighted by atomic mass is 9.82. The van der Waals surface area contributed by atoms with Crippen molar-refractivity contribution in [3.05, 3.63) is 0 Å². The van der Waals surface area contributed by atoms with Gasteiger partial charge in [0, 0.05) is 12.0 Å². The highest BCUT2D eigenvalue weighted by molar-refractivity contribution is 5.73. The molecule has 22 heavy (non-hydrogen) atoms. The zero-order chi connectivity index (χ0) is 17.1. The number of aliphatic hydroxyl groups is 1. The average Bonchev–Trinajstić information content (AvgIpc) is 2.41. The Balaban J connectivity index is 3.05. The van der Waals surface area contributed by atoms with Crippen molar-refractivity contribution >= 4 is 12.1 Å². The number of carbonyl (C=O) groups excluding carboxylic acids is 2. The van der Waals surface area contributed by atoms with Gasteiger partial charge in [0.05, 0.1) is 25.7 Å². The van der Waals surface area contributed by atoms with E-state index < -0.39 is 29.8 Å². The van der Waals surface area contributed by atoms with Gasteiger partial charge in [-0.1, -0.05) is 13.8 Å². The van der Waals surface area contributed by atoms with E-state index in [-0.39, 0.29) is 18.4 Å². The third-order valence-corrected chi connectivity index (χ3v) is 4.16. The summed E-state index contributed by atoms with van der Waals surface area (Å²) in [7, 11) is 1.32. The van der Waals surface area contributed by atoms with Gasteiger partial charge in [-0.15, -0.1) is 0 Å². The van der Waals surface area contributed by atoms with Crippen molar-refractivity contribution < 1.29 is 24.2 Å². The topological polar surface area (TPSA) is 76.1 Å². The van der Waals surface area contributed by atoms with Crippen LogP contribution in [0.1, 0.15) is 53.9 Å². The molecule has 1 amide bonds. The van der Waals surface area contributed by atoms with E-state index >= 15 is 0 Å². The summed E-state index contributed by atoms with van der Waals surface area (Å²) in [5.74, 6) is -0.608. The molecule has 0 aromatic carbocycles. The number of ether oxygens (including phenoxy) is 2. The van der Waals surface area contributed by atoms with Gasteiger partial charge < -0.3 is 19.5 Å². The summed E-state index contributed by atoms with van der Waals surface area (Å²) in [4.78, 5) is 25.9. The van der Waals surface area contributed by atoms with Crippen LogP contribution in [0.5, 0.6) is 0 Å². The van der Waals surface area contributed by atoms with Gasteiger partial charge in [-0.05, 0) is 33.6 Å². The van der Waals surface area contributed by atoms with Crippen LogP contribution in [0.2, 0.25) is 0 Å². The van der Waals surface area contributed by atoms with Crippen LogP contribution in [0.3, 0.4) is 0 Å². The Bertz CT molecular complexity index is 404. The molecular formula is C16H29NO5. The fraction of sp³-hybridized carbons (Fsp3) is 0.875. The van der Waals surface area contributed by atoms with Gasteiger partial charge in [-0.25, -0.2) is 4.79 Å². The number of hydrogen-bond acceptors (Lipinski definition) is 5. The van der Waals surface area contributed by atoms with Crippen molar-refractivity contribution in [3.63, 3.8) is 0 Å². The number of aliphatic hydroxyl groups excluding tert-OH is 1. The standard InChI is InChI=1S/C16H29NO5/c1-7-11-8-13(18)10(2)12(9-14(19)21-6)17(11)15(20)22-16(3,4)5/h10-13,18H,7-9H2,1-6H3/t10?,11?,12-,13?/m0/s1. The highest BCUT2D eigenvalue weighted by Crippen LogP contribution is 2.33. The second kappa shape index (κ2) is 7.31. The Kier molecular flexibility index (Phi) is 6.23. The molecule has 1 aliphatic heterocycles. The number of esters is 1. The molecule has 128 valence electrons. The molecule has 0 aliphatic carbocycles. The van der Waals surface area contributed by atoms with Crippen LogP contribution in [0, 0.1) is 5.92 Å². The second-order valence-corrected chi connectivity index (χ2v) is 6.96. The van der Waals surface area contributed by atoms with Gasteiger partial charge in [0.15, 0.2) is 0 Å². The molecule has 1 fully saturated rings. The minimum Gasteiger partial charge on any atom is -0.469 e. The maximum Gasteiger partial charge on any atom is 0.410 e. The summed E-state index contributed by atoms with van der Waals surface area (Å²) in [6.45, 7) is 9.23. The number of carbonyl (C=O) groups is 2. The normalized spacial score (nSPS) is 29.1. The molecule has 1 heterocycles. The third-order valence-electron chi connectivity index (χ3n) is 4.16. The lowest BCUT2D eigenvalue weighted by Crippen LogP contribution is -2.59. The van der Waals surface area contributed by atoms with Gasteiger partial charge >= 0.3 is 12.1 Å². The van der Waals surface area contributed by atoms with Crippen LogP contribution in [0.15, 0.2) is 0 Å². The number of amides is 1. The van der Waals surface area contributed by atoms with Crippen LogP contribution >= 0.6 is 0 Å². The van der Waals surface area contributed by atoms with Crippen molar-refractivity contribution in [1.29, 1.82) is 0 Å².